The van der Waals surface area contributed by atoms with Crippen LogP contribution in [0.4, 0.5) is 0 Å². The Morgan fingerprint density at radius 2 is 1.89 bits per heavy atom. The van der Waals surface area contributed by atoms with E-state index < -0.39 is 5.60 Å². The highest BCUT2D eigenvalue weighted by molar-refractivity contribution is 8.03. The van der Waals surface area contributed by atoms with Gasteiger partial charge in [0.2, 0.25) is 5.91 Å². The third-order valence-electron chi connectivity index (χ3n) is 3.30. The normalized spacial score (nSPS) is 25.4. The number of carbonyl (C=O) groups excluding carboxylic acids is 1. The van der Waals surface area contributed by atoms with E-state index in [2.05, 4.69) is 5.32 Å². The lowest BCUT2D eigenvalue weighted by molar-refractivity contribution is -0.128. The van der Waals surface area contributed by atoms with Gasteiger partial charge in [0.25, 0.3) is 0 Å². The second-order valence-corrected chi connectivity index (χ2v) is 7.14. The molecule has 4 nitrogen and oxygen atoms in total. The molecular weight excluding hydrogens is 270 g/mol. The minimum Gasteiger partial charge on any atom is -0.386 e. The summed E-state index contributed by atoms with van der Waals surface area (Å²) in [7, 11) is 0. The third-order valence-corrected chi connectivity index (χ3v) is 6.02. The summed E-state index contributed by atoms with van der Waals surface area (Å²) < 4.78 is 5.24. The Balaban J connectivity index is 1.76. The lowest BCUT2D eigenvalue weighted by atomic mass is 9.99. The number of amides is 1. The van der Waals surface area contributed by atoms with E-state index in [1.54, 1.807) is 23.5 Å². The van der Waals surface area contributed by atoms with Gasteiger partial charge in [0.05, 0.1) is 5.60 Å². The summed E-state index contributed by atoms with van der Waals surface area (Å²) in [6, 6.07) is 0. The fraction of sp³-hybridized carbons (Fsp3) is 0.917. The molecule has 0 radical (unpaired) electrons. The second-order valence-electron chi connectivity index (χ2n) is 4.93. The third kappa shape index (κ3) is 4.33. The largest absolute Gasteiger partial charge is 0.386 e. The molecule has 6 heteroatoms. The molecule has 0 unspecified atom stereocenters. The number of rotatable bonds is 3. The molecule has 0 aliphatic carbocycles. The van der Waals surface area contributed by atoms with Crippen LogP contribution in [-0.4, -0.2) is 59.4 Å². The maximum absolute atomic E-state index is 12.0. The highest BCUT2D eigenvalue weighted by Gasteiger charge is 2.30. The predicted molar refractivity (Wildman–Crippen MR) is 76.2 cm³/mol. The van der Waals surface area contributed by atoms with Gasteiger partial charge in [-0.3, -0.25) is 4.79 Å². The van der Waals surface area contributed by atoms with Crippen LogP contribution in [0.2, 0.25) is 0 Å². The van der Waals surface area contributed by atoms with Crippen molar-refractivity contribution in [3.05, 3.63) is 0 Å². The molecule has 2 N–H and O–H groups in total. The predicted octanol–water partition coefficient (Wildman–Crippen LogP) is 0.740. The van der Waals surface area contributed by atoms with Gasteiger partial charge in [-0.15, -0.1) is 0 Å². The number of nitrogens with one attached hydrogen (secondary N) is 1. The van der Waals surface area contributed by atoms with E-state index in [-0.39, 0.29) is 11.8 Å². The van der Waals surface area contributed by atoms with Crippen molar-refractivity contribution in [2.75, 3.05) is 42.8 Å². The van der Waals surface area contributed by atoms with Crippen molar-refractivity contribution in [2.45, 2.75) is 18.4 Å². The molecule has 0 aromatic rings. The summed E-state index contributed by atoms with van der Waals surface area (Å²) in [4.78, 5) is 12.0. The molecule has 104 valence electrons. The maximum atomic E-state index is 12.0. The van der Waals surface area contributed by atoms with Crippen molar-refractivity contribution in [3.63, 3.8) is 0 Å². The first kappa shape index (κ1) is 14.5. The first-order chi connectivity index (χ1) is 8.70. The standard InChI is InChI=1S/C12H21NO3S2/c14-11(10-1-3-16-4-2-10)13-7-12(15)8-17-5-6-18-9-12/h10,15H,1-9H2,(H,13,14). The molecule has 2 rings (SSSR count). The van der Waals surface area contributed by atoms with Gasteiger partial charge in [-0.05, 0) is 12.8 Å². The van der Waals surface area contributed by atoms with Gasteiger partial charge in [0.15, 0.2) is 0 Å². The highest BCUT2D eigenvalue weighted by Crippen LogP contribution is 2.24. The van der Waals surface area contributed by atoms with Gasteiger partial charge < -0.3 is 15.2 Å². The van der Waals surface area contributed by atoms with E-state index in [9.17, 15) is 9.90 Å². The summed E-state index contributed by atoms with van der Waals surface area (Å²) in [5.41, 5.74) is -0.743. The molecule has 2 heterocycles. The van der Waals surface area contributed by atoms with Crippen molar-refractivity contribution in [3.8, 4) is 0 Å². The van der Waals surface area contributed by atoms with Crippen LogP contribution in [0, 0.1) is 5.92 Å². The summed E-state index contributed by atoms with van der Waals surface area (Å²) in [5, 5.41) is 13.3. The molecular formula is C12H21NO3S2. The zero-order valence-electron chi connectivity index (χ0n) is 10.5. The average molecular weight is 291 g/mol. The molecule has 0 saturated carbocycles. The van der Waals surface area contributed by atoms with E-state index in [4.69, 9.17) is 4.74 Å². The monoisotopic (exact) mass is 291 g/mol. The summed E-state index contributed by atoms with van der Waals surface area (Å²) in [6.07, 6.45) is 1.60. The number of hydrogen-bond acceptors (Lipinski definition) is 5. The minimum atomic E-state index is -0.743. The topological polar surface area (TPSA) is 58.6 Å². The smallest absolute Gasteiger partial charge is 0.223 e. The van der Waals surface area contributed by atoms with Crippen molar-refractivity contribution in [2.24, 2.45) is 5.92 Å². The van der Waals surface area contributed by atoms with E-state index >= 15 is 0 Å². The van der Waals surface area contributed by atoms with Crippen LogP contribution < -0.4 is 5.32 Å². The first-order valence-electron chi connectivity index (χ1n) is 6.43. The molecule has 2 aliphatic rings. The Morgan fingerprint density at radius 3 is 2.50 bits per heavy atom. The summed E-state index contributed by atoms with van der Waals surface area (Å²) in [5.74, 6) is 3.74. The number of thioether (sulfide) groups is 2. The van der Waals surface area contributed by atoms with Crippen LogP contribution >= 0.6 is 23.5 Å². The second kappa shape index (κ2) is 7.03. The van der Waals surface area contributed by atoms with Crippen molar-refractivity contribution in [1.29, 1.82) is 0 Å². The van der Waals surface area contributed by atoms with Crippen molar-refractivity contribution < 1.29 is 14.6 Å². The number of carbonyl (C=O) groups is 1. The molecule has 0 aromatic heterocycles. The molecule has 18 heavy (non-hydrogen) atoms. The Kier molecular flexibility index (Phi) is 5.66. The Labute approximate surface area is 117 Å². The quantitative estimate of drug-likeness (QED) is 0.803. The number of hydrogen-bond donors (Lipinski definition) is 2. The number of ether oxygens (including phenoxy) is 1. The molecule has 2 aliphatic heterocycles. The SMILES string of the molecule is O=C(NCC1(O)CSCCSC1)C1CCOCC1. The van der Waals surface area contributed by atoms with E-state index in [0.29, 0.717) is 31.3 Å². The average Bonchev–Trinajstić information content (AvgIpc) is 2.62. The van der Waals surface area contributed by atoms with Gasteiger partial charge >= 0.3 is 0 Å². The van der Waals surface area contributed by atoms with E-state index in [0.717, 1.165) is 24.3 Å². The van der Waals surface area contributed by atoms with Crippen molar-refractivity contribution in [1.82, 2.24) is 5.32 Å². The molecule has 1 amide bonds. The van der Waals surface area contributed by atoms with Crippen LogP contribution in [0.5, 0.6) is 0 Å². The van der Waals surface area contributed by atoms with E-state index in [1.165, 1.54) is 0 Å². The molecule has 0 bridgehead atoms. The van der Waals surface area contributed by atoms with Gasteiger partial charge in [-0.2, -0.15) is 23.5 Å². The van der Waals surface area contributed by atoms with E-state index in [1.807, 2.05) is 0 Å². The number of aliphatic hydroxyl groups is 1. The fourth-order valence-electron chi connectivity index (χ4n) is 2.14. The van der Waals surface area contributed by atoms with Gasteiger partial charge in [0.1, 0.15) is 0 Å². The highest BCUT2D eigenvalue weighted by atomic mass is 32.2. The summed E-state index contributed by atoms with van der Waals surface area (Å²) >= 11 is 3.54. The minimum absolute atomic E-state index is 0.0634. The Bertz CT molecular complexity index is 274. The lowest BCUT2D eigenvalue weighted by Crippen LogP contribution is -2.48. The Hall–Kier alpha value is 0.0900. The Morgan fingerprint density at radius 1 is 1.28 bits per heavy atom. The lowest BCUT2D eigenvalue weighted by Gasteiger charge is -2.28. The van der Waals surface area contributed by atoms with Gasteiger partial charge in [-0.1, -0.05) is 0 Å². The van der Waals surface area contributed by atoms with Gasteiger partial charge in [0, 0.05) is 48.7 Å². The van der Waals surface area contributed by atoms with Crippen LogP contribution in [0.25, 0.3) is 0 Å². The molecule has 0 spiro atoms. The van der Waals surface area contributed by atoms with Crippen LogP contribution in [0.3, 0.4) is 0 Å². The fourth-order valence-corrected chi connectivity index (χ4v) is 4.67. The zero-order chi connectivity index (χ0) is 12.8. The molecule has 2 saturated heterocycles. The van der Waals surface area contributed by atoms with Gasteiger partial charge in [-0.25, -0.2) is 0 Å². The van der Waals surface area contributed by atoms with Crippen LogP contribution in [-0.2, 0) is 9.53 Å². The maximum Gasteiger partial charge on any atom is 0.223 e. The summed E-state index contributed by atoms with van der Waals surface area (Å²) in [6.45, 7) is 1.73. The molecule has 0 aromatic carbocycles. The van der Waals surface area contributed by atoms with Crippen LogP contribution in [0.15, 0.2) is 0 Å². The van der Waals surface area contributed by atoms with Crippen LogP contribution in [0.1, 0.15) is 12.8 Å². The molecule has 0 atom stereocenters. The van der Waals surface area contributed by atoms with Crippen molar-refractivity contribution >= 4 is 29.4 Å². The zero-order valence-corrected chi connectivity index (χ0v) is 12.2. The first-order valence-corrected chi connectivity index (χ1v) is 8.74. The molecule has 2 fully saturated rings.